The molecule has 1 fully saturated rings. The molecule has 7 nitrogen and oxygen atoms in total. The molecule has 7 heteroatoms. The number of hydrogen-bond acceptors (Lipinski definition) is 6. The van der Waals surface area contributed by atoms with E-state index in [0.717, 1.165) is 29.7 Å². The number of Topliss-reactive ketones (excluding diaryl/α,β-unsaturated/α-hetero) is 1. The number of ketones is 1. The molecule has 0 radical (unpaired) electrons. The van der Waals surface area contributed by atoms with E-state index in [1.807, 2.05) is 6.07 Å². The summed E-state index contributed by atoms with van der Waals surface area (Å²) in [6.45, 7) is 2.64. The zero-order valence-corrected chi connectivity index (χ0v) is 17.6. The standard InChI is InChI=1S/C25H22N2O5/c1-15-4-6-20(32-15)22-21(23(28)18-5-7-19-17(13-18)3-2-12-31-19)24(29)25(30)27(22)14-16-8-10-26-11-9-16/h4-11,13,22,28H,2-3,12,14H2,1H3/b23-21-. The third kappa shape index (κ3) is 3.45. The smallest absolute Gasteiger partial charge is 0.296 e. The summed E-state index contributed by atoms with van der Waals surface area (Å²) in [6, 6.07) is 11.6. The van der Waals surface area contributed by atoms with Crippen LogP contribution < -0.4 is 4.74 Å². The van der Waals surface area contributed by atoms with Gasteiger partial charge in [-0.15, -0.1) is 0 Å². The zero-order chi connectivity index (χ0) is 22.2. The van der Waals surface area contributed by atoms with Crippen LogP contribution in [0.1, 0.15) is 40.7 Å². The Morgan fingerprint density at radius 3 is 2.72 bits per heavy atom. The van der Waals surface area contributed by atoms with Gasteiger partial charge in [-0.3, -0.25) is 14.6 Å². The van der Waals surface area contributed by atoms with Crippen molar-refractivity contribution >= 4 is 17.4 Å². The van der Waals surface area contributed by atoms with Crippen molar-refractivity contribution in [3.8, 4) is 5.75 Å². The van der Waals surface area contributed by atoms with Crippen molar-refractivity contribution in [1.82, 2.24) is 9.88 Å². The van der Waals surface area contributed by atoms with Gasteiger partial charge in [0.25, 0.3) is 11.7 Å². The van der Waals surface area contributed by atoms with E-state index in [2.05, 4.69) is 4.98 Å². The number of rotatable bonds is 4. The van der Waals surface area contributed by atoms with Crippen molar-refractivity contribution in [3.05, 3.63) is 88.6 Å². The summed E-state index contributed by atoms with van der Waals surface area (Å²) in [7, 11) is 0. The highest BCUT2D eigenvalue weighted by atomic mass is 16.5. The Balaban J connectivity index is 1.62. The minimum Gasteiger partial charge on any atom is -0.507 e. The molecule has 162 valence electrons. The maximum absolute atomic E-state index is 13.1. The average Bonchev–Trinajstić information content (AvgIpc) is 3.35. The molecule has 1 atom stereocenters. The van der Waals surface area contributed by atoms with E-state index in [9.17, 15) is 14.7 Å². The summed E-state index contributed by atoms with van der Waals surface area (Å²) < 4.78 is 11.5. The number of likely N-dealkylation sites (tertiary alicyclic amines) is 1. The average molecular weight is 430 g/mol. The first-order chi connectivity index (χ1) is 15.5. The van der Waals surface area contributed by atoms with E-state index in [4.69, 9.17) is 9.15 Å². The number of ether oxygens (including phenoxy) is 1. The lowest BCUT2D eigenvalue weighted by Gasteiger charge is -2.23. The van der Waals surface area contributed by atoms with Gasteiger partial charge < -0.3 is 19.2 Å². The molecule has 5 rings (SSSR count). The van der Waals surface area contributed by atoms with Crippen molar-refractivity contribution in [1.29, 1.82) is 0 Å². The van der Waals surface area contributed by atoms with E-state index in [-0.39, 0.29) is 17.9 Å². The molecule has 1 amide bonds. The lowest BCUT2D eigenvalue weighted by molar-refractivity contribution is -0.140. The molecule has 0 aliphatic carbocycles. The maximum atomic E-state index is 13.1. The third-order valence-corrected chi connectivity index (χ3v) is 5.85. The lowest BCUT2D eigenvalue weighted by Crippen LogP contribution is -2.29. The van der Waals surface area contributed by atoms with Crippen LogP contribution in [0.2, 0.25) is 0 Å². The number of aliphatic hydroxyl groups excluding tert-OH is 1. The van der Waals surface area contributed by atoms with Crippen LogP contribution in [0.3, 0.4) is 0 Å². The number of aryl methyl sites for hydroxylation is 2. The molecule has 1 unspecified atom stereocenters. The lowest BCUT2D eigenvalue weighted by atomic mass is 9.96. The minimum absolute atomic E-state index is 0.0232. The summed E-state index contributed by atoms with van der Waals surface area (Å²) in [4.78, 5) is 31.6. The summed E-state index contributed by atoms with van der Waals surface area (Å²) in [5.74, 6) is 0.240. The van der Waals surface area contributed by atoms with E-state index < -0.39 is 17.7 Å². The predicted molar refractivity (Wildman–Crippen MR) is 116 cm³/mol. The van der Waals surface area contributed by atoms with Gasteiger partial charge in [-0.1, -0.05) is 0 Å². The quantitative estimate of drug-likeness (QED) is 0.383. The van der Waals surface area contributed by atoms with Crippen molar-refractivity contribution in [2.24, 2.45) is 0 Å². The first kappa shape index (κ1) is 20.1. The van der Waals surface area contributed by atoms with Gasteiger partial charge in [0.05, 0.1) is 12.2 Å². The fourth-order valence-electron chi connectivity index (χ4n) is 4.29. The number of hydrogen-bond donors (Lipinski definition) is 1. The summed E-state index contributed by atoms with van der Waals surface area (Å²) >= 11 is 0. The van der Waals surface area contributed by atoms with Gasteiger partial charge in [-0.25, -0.2) is 0 Å². The van der Waals surface area contributed by atoms with E-state index in [1.54, 1.807) is 55.7 Å². The Bertz CT molecular complexity index is 1230. The number of benzene rings is 1. The third-order valence-electron chi connectivity index (χ3n) is 5.85. The Morgan fingerprint density at radius 2 is 1.97 bits per heavy atom. The van der Waals surface area contributed by atoms with Crippen LogP contribution in [0, 0.1) is 6.92 Å². The van der Waals surface area contributed by atoms with E-state index in [0.29, 0.717) is 23.7 Å². The van der Waals surface area contributed by atoms with Gasteiger partial charge in [0.1, 0.15) is 29.1 Å². The molecule has 1 aromatic carbocycles. The summed E-state index contributed by atoms with van der Waals surface area (Å²) in [5, 5.41) is 11.2. The number of carbonyl (C=O) groups is 2. The monoisotopic (exact) mass is 430 g/mol. The van der Waals surface area contributed by atoms with E-state index in [1.165, 1.54) is 4.90 Å². The Labute approximate surface area is 184 Å². The van der Waals surface area contributed by atoms with Crippen LogP contribution in [0.5, 0.6) is 5.75 Å². The van der Waals surface area contributed by atoms with Crippen molar-refractivity contribution in [2.45, 2.75) is 32.4 Å². The zero-order valence-electron chi connectivity index (χ0n) is 17.6. The van der Waals surface area contributed by atoms with Crippen LogP contribution in [-0.2, 0) is 22.6 Å². The molecule has 4 heterocycles. The molecule has 0 saturated carbocycles. The highest BCUT2D eigenvalue weighted by Crippen LogP contribution is 2.41. The van der Waals surface area contributed by atoms with Crippen molar-refractivity contribution in [3.63, 3.8) is 0 Å². The molecule has 2 aliphatic rings. The number of fused-ring (bicyclic) bond motifs is 1. The van der Waals surface area contributed by atoms with Gasteiger partial charge in [-0.2, -0.15) is 0 Å². The second-order valence-electron chi connectivity index (χ2n) is 8.01. The Hall–Kier alpha value is -3.87. The molecule has 2 aliphatic heterocycles. The van der Waals surface area contributed by atoms with Gasteiger partial charge in [0, 0.05) is 24.5 Å². The first-order valence-electron chi connectivity index (χ1n) is 10.5. The highest BCUT2D eigenvalue weighted by molar-refractivity contribution is 6.46. The predicted octanol–water partition coefficient (Wildman–Crippen LogP) is 3.93. The number of aliphatic hydroxyl groups is 1. The van der Waals surface area contributed by atoms with Gasteiger partial charge in [0.2, 0.25) is 0 Å². The van der Waals surface area contributed by atoms with Crippen LogP contribution in [0.25, 0.3) is 5.76 Å². The molecule has 2 aromatic heterocycles. The van der Waals surface area contributed by atoms with Crippen LogP contribution in [0.4, 0.5) is 0 Å². The number of amides is 1. The maximum Gasteiger partial charge on any atom is 0.296 e. The van der Waals surface area contributed by atoms with Gasteiger partial charge in [-0.05, 0) is 73.4 Å². The molecular formula is C25H22N2O5. The SMILES string of the molecule is Cc1ccc(C2/C(=C(/O)c3ccc4c(c3)CCCO4)C(=O)C(=O)N2Cc2ccncc2)o1. The van der Waals surface area contributed by atoms with Gasteiger partial charge in [0.15, 0.2) is 0 Å². The van der Waals surface area contributed by atoms with Crippen LogP contribution >= 0.6 is 0 Å². The van der Waals surface area contributed by atoms with Crippen molar-refractivity contribution < 1.29 is 23.8 Å². The summed E-state index contributed by atoms with van der Waals surface area (Å²) in [5.41, 5.74) is 2.29. The number of aromatic nitrogens is 1. The molecule has 3 aromatic rings. The molecule has 1 saturated heterocycles. The normalized spacial score (nSPS) is 19.7. The Morgan fingerprint density at radius 1 is 1.16 bits per heavy atom. The highest BCUT2D eigenvalue weighted by Gasteiger charge is 2.47. The number of furan rings is 1. The molecular weight excluding hydrogens is 408 g/mol. The first-order valence-corrected chi connectivity index (χ1v) is 10.5. The molecule has 0 bridgehead atoms. The topological polar surface area (TPSA) is 92.9 Å². The molecule has 32 heavy (non-hydrogen) atoms. The Kier molecular flexibility index (Phi) is 5.01. The number of carbonyl (C=O) groups excluding carboxylic acids is 2. The molecule has 0 spiro atoms. The summed E-state index contributed by atoms with van der Waals surface area (Å²) in [6.07, 6.45) is 4.98. The fourth-order valence-corrected chi connectivity index (χ4v) is 4.29. The number of pyridine rings is 1. The fraction of sp³-hybridized carbons (Fsp3) is 0.240. The van der Waals surface area contributed by atoms with Crippen molar-refractivity contribution in [2.75, 3.05) is 6.61 Å². The molecule has 1 N–H and O–H groups in total. The van der Waals surface area contributed by atoms with Crippen LogP contribution in [-0.4, -0.2) is 33.3 Å². The van der Waals surface area contributed by atoms with Crippen LogP contribution in [0.15, 0.2) is 64.8 Å². The second-order valence-corrected chi connectivity index (χ2v) is 8.01. The van der Waals surface area contributed by atoms with Gasteiger partial charge >= 0.3 is 0 Å². The largest absolute Gasteiger partial charge is 0.507 e. The second kappa shape index (κ2) is 8.00. The minimum atomic E-state index is -0.829. The van der Waals surface area contributed by atoms with E-state index >= 15 is 0 Å². The number of nitrogens with zero attached hydrogens (tertiary/aromatic N) is 2.